The summed E-state index contributed by atoms with van der Waals surface area (Å²) in [6.07, 6.45) is -0.405. The summed E-state index contributed by atoms with van der Waals surface area (Å²) in [6.45, 7) is 4.10. The van der Waals surface area contributed by atoms with Crippen LogP contribution in [0.15, 0.2) is 47.4 Å². The SMILES string of the molecule is CC1CN(S(=O)(=O)c2ccc(C(=O)NCc3cc(F)cc(F)c3)cc2)CC(C)O1. The van der Waals surface area contributed by atoms with Crippen molar-refractivity contribution in [1.82, 2.24) is 9.62 Å². The van der Waals surface area contributed by atoms with E-state index in [1.165, 1.54) is 28.6 Å². The lowest BCUT2D eigenvalue weighted by molar-refractivity contribution is -0.0440. The van der Waals surface area contributed by atoms with Crippen molar-refractivity contribution in [3.63, 3.8) is 0 Å². The number of morpholine rings is 1. The Kier molecular flexibility index (Phi) is 6.30. The monoisotopic (exact) mass is 424 g/mol. The van der Waals surface area contributed by atoms with Gasteiger partial charge in [-0.15, -0.1) is 0 Å². The molecule has 29 heavy (non-hydrogen) atoms. The topological polar surface area (TPSA) is 75.7 Å². The van der Waals surface area contributed by atoms with Crippen LogP contribution >= 0.6 is 0 Å². The van der Waals surface area contributed by atoms with E-state index in [1.54, 1.807) is 0 Å². The van der Waals surface area contributed by atoms with Crippen molar-refractivity contribution >= 4 is 15.9 Å². The molecule has 1 aliphatic heterocycles. The number of amides is 1. The number of hydrogen-bond acceptors (Lipinski definition) is 4. The maximum atomic E-state index is 13.2. The molecule has 1 fully saturated rings. The molecule has 0 spiro atoms. The quantitative estimate of drug-likeness (QED) is 0.801. The number of nitrogens with zero attached hydrogens (tertiary/aromatic N) is 1. The van der Waals surface area contributed by atoms with Crippen molar-refractivity contribution < 1.29 is 26.7 Å². The Hall–Kier alpha value is -2.36. The molecule has 1 heterocycles. The van der Waals surface area contributed by atoms with E-state index in [9.17, 15) is 22.0 Å². The third-order valence-corrected chi connectivity index (χ3v) is 6.36. The standard InChI is InChI=1S/C20H22F2N2O4S/c1-13-11-24(12-14(2)28-13)29(26,27)19-5-3-16(4-6-19)20(25)23-10-15-7-17(21)9-18(22)8-15/h3-9,13-14H,10-12H2,1-2H3,(H,23,25). The minimum Gasteiger partial charge on any atom is -0.373 e. The van der Waals surface area contributed by atoms with Crippen LogP contribution in [0.1, 0.15) is 29.8 Å². The number of sulfonamides is 1. The average Bonchev–Trinajstić information content (AvgIpc) is 2.64. The maximum Gasteiger partial charge on any atom is 0.251 e. The van der Waals surface area contributed by atoms with Crippen molar-refractivity contribution in [2.75, 3.05) is 13.1 Å². The highest BCUT2D eigenvalue weighted by Crippen LogP contribution is 2.21. The normalized spacial score (nSPS) is 20.4. The molecule has 156 valence electrons. The van der Waals surface area contributed by atoms with Gasteiger partial charge in [0.25, 0.3) is 5.91 Å². The van der Waals surface area contributed by atoms with Crippen LogP contribution in [-0.4, -0.2) is 43.9 Å². The Morgan fingerprint density at radius 3 is 2.17 bits per heavy atom. The fraction of sp³-hybridized carbons (Fsp3) is 0.350. The van der Waals surface area contributed by atoms with Gasteiger partial charge in [-0.2, -0.15) is 4.31 Å². The predicted octanol–water partition coefficient (Wildman–Crippen LogP) is 2.69. The lowest BCUT2D eigenvalue weighted by Crippen LogP contribution is -2.48. The second kappa shape index (κ2) is 8.56. The number of ether oxygens (including phenoxy) is 1. The van der Waals surface area contributed by atoms with Gasteiger partial charge in [-0.25, -0.2) is 17.2 Å². The zero-order valence-corrected chi connectivity index (χ0v) is 16.9. The highest BCUT2D eigenvalue weighted by molar-refractivity contribution is 7.89. The van der Waals surface area contributed by atoms with Crippen molar-refractivity contribution in [1.29, 1.82) is 0 Å². The third-order valence-electron chi connectivity index (χ3n) is 4.52. The Morgan fingerprint density at radius 2 is 1.62 bits per heavy atom. The van der Waals surface area contributed by atoms with Crippen molar-refractivity contribution in [3.05, 3.63) is 65.2 Å². The molecule has 0 aromatic heterocycles. The largest absolute Gasteiger partial charge is 0.373 e. The molecule has 0 bridgehead atoms. The number of nitrogens with one attached hydrogen (secondary N) is 1. The first-order valence-electron chi connectivity index (χ1n) is 9.14. The van der Waals surface area contributed by atoms with Crippen LogP contribution in [0.3, 0.4) is 0 Å². The fourth-order valence-electron chi connectivity index (χ4n) is 3.25. The van der Waals surface area contributed by atoms with E-state index >= 15 is 0 Å². The summed E-state index contributed by atoms with van der Waals surface area (Å²) >= 11 is 0. The first kappa shape index (κ1) is 21.4. The summed E-state index contributed by atoms with van der Waals surface area (Å²) in [6, 6.07) is 8.56. The molecule has 2 aromatic rings. The zero-order valence-electron chi connectivity index (χ0n) is 16.1. The molecular weight excluding hydrogens is 402 g/mol. The Labute approximate surface area is 168 Å². The third kappa shape index (κ3) is 5.17. The lowest BCUT2D eigenvalue weighted by Gasteiger charge is -2.34. The summed E-state index contributed by atoms with van der Waals surface area (Å²) < 4.78 is 59.0. The molecule has 1 amide bonds. The van der Waals surface area contributed by atoms with Crippen molar-refractivity contribution in [2.24, 2.45) is 0 Å². The second-order valence-electron chi connectivity index (χ2n) is 7.06. The van der Waals surface area contributed by atoms with E-state index < -0.39 is 27.6 Å². The minimum atomic E-state index is -3.70. The predicted molar refractivity (Wildman–Crippen MR) is 103 cm³/mol. The van der Waals surface area contributed by atoms with Gasteiger partial charge >= 0.3 is 0 Å². The fourth-order valence-corrected chi connectivity index (χ4v) is 4.84. The van der Waals surface area contributed by atoms with Crippen LogP contribution in [0.2, 0.25) is 0 Å². The summed E-state index contributed by atoms with van der Waals surface area (Å²) in [5.41, 5.74) is 0.523. The van der Waals surface area contributed by atoms with E-state index in [4.69, 9.17) is 4.74 Å². The molecule has 6 nitrogen and oxygen atoms in total. The summed E-state index contributed by atoms with van der Waals surface area (Å²) in [5.74, 6) is -1.93. The van der Waals surface area contributed by atoms with Gasteiger partial charge in [0.1, 0.15) is 11.6 Å². The lowest BCUT2D eigenvalue weighted by atomic mass is 10.2. The van der Waals surface area contributed by atoms with Gasteiger partial charge in [0.2, 0.25) is 10.0 Å². The van der Waals surface area contributed by atoms with Gasteiger partial charge in [0.15, 0.2) is 0 Å². The molecule has 0 aliphatic carbocycles. The second-order valence-corrected chi connectivity index (χ2v) is 9.00. The highest BCUT2D eigenvalue weighted by Gasteiger charge is 2.32. The molecule has 3 rings (SSSR count). The van der Waals surface area contributed by atoms with Gasteiger partial charge in [0.05, 0.1) is 17.1 Å². The molecule has 0 saturated carbocycles. The molecule has 9 heteroatoms. The first-order valence-corrected chi connectivity index (χ1v) is 10.6. The number of rotatable bonds is 5. The van der Waals surface area contributed by atoms with Gasteiger partial charge in [-0.3, -0.25) is 4.79 Å². The van der Waals surface area contributed by atoms with Gasteiger partial charge in [-0.05, 0) is 55.8 Å². The molecule has 2 unspecified atom stereocenters. The highest BCUT2D eigenvalue weighted by atomic mass is 32.2. The smallest absolute Gasteiger partial charge is 0.251 e. The first-order chi connectivity index (χ1) is 13.6. The van der Waals surface area contributed by atoms with Crippen LogP contribution in [-0.2, 0) is 21.3 Å². The van der Waals surface area contributed by atoms with Gasteiger partial charge < -0.3 is 10.1 Å². The molecule has 1 saturated heterocycles. The van der Waals surface area contributed by atoms with E-state index in [0.29, 0.717) is 0 Å². The molecule has 2 aromatic carbocycles. The Balaban J connectivity index is 1.68. The number of carbonyl (C=O) groups is 1. The molecule has 2 atom stereocenters. The molecule has 0 radical (unpaired) electrons. The van der Waals surface area contributed by atoms with E-state index in [0.717, 1.165) is 18.2 Å². The van der Waals surface area contributed by atoms with Crippen molar-refractivity contribution in [2.45, 2.75) is 37.5 Å². The van der Waals surface area contributed by atoms with Crippen LogP contribution in [0.4, 0.5) is 8.78 Å². The zero-order chi connectivity index (χ0) is 21.2. The molecular formula is C20H22F2N2O4S. The Morgan fingerprint density at radius 1 is 1.07 bits per heavy atom. The number of hydrogen-bond donors (Lipinski definition) is 1. The minimum absolute atomic E-state index is 0.0584. The summed E-state index contributed by atoms with van der Waals surface area (Å²) in [4.78, 5) is 12.3. The van der Waals surface area contributed by atoms with Crippen LogP contribution in [0, 0.1) is 11.6 Å². The van der Waals surface area contributed by atoms with Crippen LogP contribution < -0.4 is 5.32 Å². The summed E-state index contributed by atoms with van der Waals surface area (Å²) in [5, 5.41) is 2.55. The van der Waals surface area contributed by atoms with Crippen LogP contribution in [0.25, 0.3) is 0 Å². The van der Waals surface area contributed by atoms with E-state index in [2.05, 4.69) is 5.32 Å². The van der Waals surface area contributed by atoms with E-state index in [-0.39, 0.29) is 47.9 Å². The average molecular weight is 424 g/mol. The molecule has 1 aliphatic rings. The van der Waals surface area contributed by atoms with Crippen molar-refractivity contribution in [3.8, 4) is 0 Å². The number of benzene rings is 2. The Bertz CT molecular complexity index is 966. The number of halogens is 2. The van der Waals surface area contributed by atoms with E-state index in [1.807, 2.05) is 13.8 Å². The summed E-state index contributed by atoms with van der Waals surface area (Å²) in [7, 11) is -3.70. The van der Waals surface area contributed by atoms with Gasteiger partial charge in [-0.1, -0.05) is 0 Å². The van der Waals surface area contributed by atoms with Gasteiger partial charge in [0, 0.05) is 31.3 Å². The molecule has 1 N–H and O–H groups in total. The maximum absolute atomic E-state index is 13.2. The van der Waals surface area contributed by atoms with Crippen LogP contribution in [0.5, 0.6) is 0 Å². The number of carbonyl (C=O) groups excluding carboxylic acids is 1.